The van der Waals surface area contributed by atoms with Crippen molar-refractivity contribution >= 4 is 17.5 Å². The van der Waals surface area contributed by atoms with Crippen LogP contribution >= 0.6 is 0 Å². The summed E-state index contributed by atoms with van der Waals surface area (Å²) in [5.41, 5.74) is 2.57. The van der Waals surface area contributed by atoms with E-state index < -0.39 is 0 Å². The number of carbonyl (C=O) groups is 2. The summed E-state index contributed by atoms with van der Waals surface area (Å²) >= 11 is 0. The largest absolute Gasteiger partial charge is 0.345 e. The van der Waals surface area contributed by atoms with E-state index in [-0.39, 0.29) is 17.7 Å². The third-order valence-electron chi connectivity index (χ3n) is 4.11. The normalized spacial score (nSPS) is 17.5. The maximum atomic E-state index is 12.5. The summed E-state index contributed by atoms with van der Waals surface area (Å²) in [7, 11) is 0. The van der Waals surface area contributed by atoms with Crippen LogP contribution in [0.15, 0.2) is 36.8 Å². The molecule has 1 saturated heterocycles. The summed E-state index contributed by atoms with van der Waals surface area (Å²) in [5.74, 6) is 0.0836. The summed E-state index contributed by atoms with van der Waals surface area (Å²) in [4.78, 5) is 33.3. The Morgan fingerprint density at radius 1 is 1.46 bits per heavy atom. The molecule has 0 bridgehead atoms. The monoisotopic (exact) mass is 326 g/mol. The fourth-order valence-corrected chi connectivity index (χ4v) is 2.99. The number of anilines is 1. The Bertz CT molecular complexity index is 724. The van der Waals surface area contributed by atoms with Crippen molar-refractivity contribution in [1.82, 2.24) is 14.9 Å². The van der Waals surface area contributed by atoms with Gasteiger partial charge in [-0.1, -0.05) is 26.0 Å². The van der Waals surface area contributed by atoms with Crippen LogP contribution in [0.25, 0.3) is 11.3 Å². The minimum atomic E-state index is -0.285. The van der Waals surface area contributed by atoms with E-state index in [0.717, 1.165) is 16.9 Å². The summed E-state index contributed by atoms with van der Waals surface area (Å²) in [6.07, 6.45) is 3.65. The minimum absolute atomic E-state index is 0.0649. The van der Waals surface area contributed by atoms with E-state index >= 15 is 0 Å². The van der Waals surface area contributed by atoms with Crippen molar-refractivity contribution in [1.29, 1.82) is 0 Å². The molecule has 126 valence electrons. The Kier molecular flexibility index (Phi) is 4.64. The van der Waals surface area contributed by atoms with E-state index in [1.807, 2.05) is 24.3 Å². The van der Waals surface area contributed by atoms with E-state index in [9.17, 15) is 9.59 Å². The SMILES string of the molecule is CC(C)CN1CC(C(=O)Nc2cccc(-c3cnc[nH]3)c2)CC1=O. The van der Waals surface area contributed by atoms with Crippen LogP contribution in [0.3, 0.4) is 0 Å². The number of hydrogen-bond donors (Lipinski definition) is 2. The fourth-order valence-electron chi connectivity index (χ4n) is 2.99. The zero-order valence-electron chi connectivity index (χ0n) is 14.0. The molecule has 6 heteroatoms. The highest BCUT2D eigenvalue weighted by atomic mass is 16.2. The van der Waals surface area contributed by atoms with Gasteiger partial charge in [-0.15, -0.1) is 0 Å². The van der Waals surface area contributed by atoms with Gasteiger partial charge in [0.1, 0.15) is 0 Å². The number of aromatic nitrogens is 2. The molecule has 1 atom stereocenters. The predicted molar refractivity (Wildman–Crippen MR) is 92.2 cm³/mol. The molecule has 6 nitrogen and oxygen atoms in total. The number of nitrogens with one attached hydrogen (secondary N) is 2. The number of benzene rings is 1. The zero-order valence-corrected chi connectivity index (χ0v) is 14.0. The number of imidazole rings is 1. The minimum Gasteiger partial charge on any atom is -0.345 e. The van der Waals surface area contributed by atoms with Gasteiger partial charge in [-0.25, -0.2) is 4.98 Å². The molecule has 1 aromatic heterocycles. The quantitative estimate of drug-likeness (QED) is 0.886. The highest BCUT2D eigenvalue weighted by Crippen LogP contribution is 2.23. The van der Waals surface area contributed by atoms with Crippen LogP contribution in [0, 0.1) is 11.8 Å². The van der Waals surface area contributed by atoms with Gasteiger partial charge < -0.3 is 15.2 Å². The first-order valence-electron chi connectivity index (χ1n) is 8.20. The van der Waals surface area contributed by atoms with E-state index in [2.05, 4.69) is 29.1 Å². The molecule has 2 N–H and O–H groups in total. The molecule has 3 rings (SSSR count). The Balaban J connectivity index is 1.65. The molecule has 1 fully saturated rings. The average Bonchev–Trinajstić information content (AvgIpc) is 3.18. The standard InChI is InChI=1S/C18H22N4O2/c1-12(2)9-22-10-14(7-17(22)23)18(24)21-15-5-3-4-13(6-15)16-8-19-11-20-16/h3-6,8,11-12,14H,7,9-10H2,1-2H3,(H,19,20)(H,21,24). The van der Waals surface area contributed by atoms with E-state index in [1.165, 1.54) is 0 Å². The highest BCUT2D eigenvalue weighted by Gasteiger charge is 2.34. The summed E-state index contributed by atoms with van der Waals surface area (Å²) in [6.45, 7) is 5.35. The molecular weight excluding hydrogens is 304 g/mol. The van der Waals surface area contributed by atoms with Gasteiger partial charge in [0.05, 0.1) is 24.1 Å². The first kappa shape index (κ1) is 16.2. The topological polar surface area (TPSA) is 78.1 Å². The highest BCUT2D eigenvalue weighted by molar-refractivity contribution is 5.97. The number of amides is 2. The van der Waals surface area contributed by atoms with Crippen molar-refractivity contribution in [3.8, 4) is 11.3 Å². The van der Waals surface area contributed by atoms with Crippen LogP contribution < -0.4 is 5.32 Å². The molecule has 0 aliphatic carbocycles. The van der Waals surface area contributed by atoms with Crippen molar-refractivity contribution < 1.29 is 9.59 Å². The number of likely N-dealkylation sites (tertiary alicyclic amines) is 1. The lowest BCUT2D eigenvalue weighted by Crippen LogP contribution is -2.31. The maximum Gasteiger partial charge on any atom is 0.229 e. The van der Waals surface area contributed by atoms with Gasteiger partial charge in [0.15, 0.2) is 0 Å². The van der Waals surface area contributed by atoms with Crippen LogP contribution in [-0.2, 0) is 9.59 Å². The molecule has 0 saturated carbocycles. The van der Waals surface area contributed by atoms with Gasteiger partial charge in [-0.05, 0) is 18.1 Å². The third-order valence-corrected chi connectivity index (χ3v) is 4.11. The summed E-state index contributed by atoms with van der Waals surface area (Å²) < 4.78 is 0. The van der Waals surface area contributed by atoms with Gasteiger partial charge >= 0.3 is 0 Å². The molecule has 2 amide bonds. The molecule has 0 spiro atoms. The number of hydrogen-bond acceptors (Lipinski definition) is 3. The van der Waals surface area contributed by atoms with Crippen LogP contribution in [0.1, 0.15) is 20.3 Å². The Labute approximate surface area is 141 Å². The van der Waals surface area contributed by atoms with Crippen molar-refractivity contribution in [2.24, 2.45) is 11.8 Å². The molecule has 1 unspecified atom stereocenters. The molecule has 0 radical (unpaired) electrons. The molecular formula is C18H22N4O2. The van der Waals surface area contributed by atoms with Crippen molar-refractivity contribution in [2.75, 3.05) is 18.4 Å². The number of rotatable bonds is 5. The lowest BCUT2D eigenvalue weighted by molar-refractivity contribution is -0.128. The second kappa shape index (κ2) is 6.86. The Morgan fingerprint density at radius 3 is 3.00 bits per heavy atom. The van der Waals surface area contributed by atoms with Gasteiger partial charge in [0, 0.05) is 30.8 Å². The summed E-state index contributed by atoms with van der Waals surface area (Å²) in [5, 5.41) is 2.93. The predicted octanol–water partition coefficient (Wildman–Crippen LogP) is 2.52. The van der Waals surface area contributed by atoms with E-state index in [4.69, 9.17) is 0 Å². The fraction of sp³-hybridized carbons (Fsp3) is 0.389. The zero-order chi connectivity index (χ0) is 17.1. The number of carbonyl (C=O) groups excluding carboxylic acids is 2. The lowest BCUT2D eigenvalue weighted by Gasteiger charge is -2.18. The summed E-state index contributed by atoms with van der Waals surface area (Å²) in [6, 6.07) is 7.58. The lowest BCUT2D eigenvalue weighted by atomic mass is 10.1. The number of aromatic amines is 1. The van der Waals surface area contributed by atoms with Crippen molar-refractivity contribution in [2.45, 2.75) is 20.3 Å². The second-order valence-electron chi connectivity index (χ2n) is 6.63. The Hall–Kier alpha value is -2.63. The van der Waals surface area contributed by atoms with Crippen molar-refractivity contribution in [3.05, 3.63) is 36.8 Å². The van der Waals surface area contributed by atoms with Crippen molar-refractivity contribution in [3.63, 3.8) is 0 Å². The van der Waals surface area contributed by atoms with Gasteiger partial charge in [-0.2, -0.15) is 0 Å². The molecule has 24 heavy (non-hydrogen) atoms. The molecule has 1 aliphatic heterocycles. The van der Waals surface area contributed by atoms with Crippen LogP contribution in [0.5, 0.6) is 0 Å². The maximum absolute atomic E-state index is 12.5. The van der Waals surface area contributed by atoms with Gasteiger partial charge in [-0.3, -0.25) is 9.59 Å². The van der Waals surface area contributed by atoms with Crippen LogP contribution in [0.4, 0.5) is 5.69 Å². The Morgan fingerprint density at radius 2 is 2.29 bits per heavy atom. The number of nitrogens with zero attached hydrogens (tertiary/aromatic N) is 2. The molecule has 2 heterocycles. The molecule has 1 aromatic carbocycles. The van der Waals surface area contributed by atoms with Gasteiger partial charge in [0.25, 0.3) is 0 Å². The first-order valence-corrected chi connectivity index (χ1v) is 8.20. The van der Waals surface area contributed by atoms with Crippen LogP contribution in [0.2, 0.25) is 0 Å². The molecule has 1 aliphatic rings. The molecule has 2 aromatic rings. The second-order valence-corrected chi connectivity index (χ2v) is 6.63. The number of H-pyrrole nitrogens is 1. The smallest absolute Gasteiger partial charge is 0.229 e. The van der Waals surface area contributed by atoms with Gasteiger partial charge in [0.2, 0.25) is 11.8 Å². The van der Waals surface area contributed by atoms with E-state index in [0.29, 0.717) is 25.4 Å². The third kappa shape index (κ3) is 3.64. The average molecular weight is 326 g/mol. The van der Waals surface area contributed by atoms with E-state index in [1.54, 1.807) is 17.4 Å². The first-order chi connectivity index (χ1) is 11.5. The van der Waals surface area contributed by atoms with Crippen LogP contribution in [-0.4, -0.2) is 39.8 Å².